The third-order valence-electron chi connectivity index (χ3n) is 10.6. The minimum atomic E-state index is -0.358. The number of carbonyl (C=O) groups is 3. The molecule has 4 atom stereocenters. The summed E-state index contributed by atoms with van der Waals surface area (Å²) in [5.74, 6) is 3.86. The molecule has 0 radical (unpaired) electrons. The second-order valence-electron chi connectivity index (χ2n) is 15.9. The molecule has 2 aliphatic carbocycles. The van der Waals surface area contributed by atoms with Crippen LogP contribution >= 0.6 is 22.6 Å². The number of rotatable bonds is 8. The van der Waals surface area contributed by atoms with E-state index in [1.165, 1.54) is 17.2 Å². The molecule has 2 aromatic heterocycles. The fourth-order valence-corrected chi connectivity index (χ4v) is 8.25. The molecule has 0 aliphatic heterocycles. The molecule has 0 saturated heterocycles. The van der Waals surface area contributed by atoms with Crippen molar-refractivity contribution in [2.75, 3.05) is 4.93 Å². The molecule has 2 saturated carbocycles. The fraction of sp³-hybridized carbons (Fsp3) is 0.568. The third kappa shape index (κ3) is 12.8. The Morgan fingerprint density at radius 1 is 0.696 bits per heavy atom. The van der Waals surface area contributed by atoms with Gasteiger partial charge in [-0.25, -0.2) is 9.97 Å². The summed E-state index contributed by atoms with van der Waals surface area (Å²) in [6.07, 6.45) is 4.32. The highest BCUT2D eigenvalue weighted by atomic mass is 127. The zero-order chi connectivity index (χ0) is 40.4. The first kappa shape index (κ1) is 46.4. The molecule has 0 bridgehead atoms. The van der Waals surface area contributed by atoms with Gasteiger partial charge in [-0.3, -0.25) is 19.5 Å². The highest BCUT2D eigenvalue weighted by Gasteiger charge is 2.35. The summed E-state index contributed by atoms with van der Waals surface area (Å²) in [7, 11) is 0. The Bertz CT molecular complexity index is 1840. The van der Waals surface area contributed by atoms with E-state index in [1.807, 2.05) is 67.3 Å². The van der Waals surface area contributed by atoms with E-state index in [1.54, 1.807) is 0 Å². The maximum atomic E-state index is 12.6. The number of aromatic nitrogens is 6. The van der Waals surface area contributed by atoms with Crippen molar-refractivity contribution in [3.05, 3.63) is 71.3 Å². The quantitative estimate of drug-likeness (QED) is 0.104. The number of nitrogens with zero attached hydrogens (tertiary/aromatic N) is 5. The maximum absolute atomic E-state index is 12.6. The van der Waals surface area contributed by atoms with Gasteiger partial charge in [0.2, 0.25) is 5.91 Å². The van der Waals surface area contributed by atoms with Gasteiger partial charge in [-0.05, 0) is 80.0 Å². The van der Waals surface area contributed by atoms with Crippen LogP contribution in [0, 0.1) is 49.4 Å². The van der Waals surface area contributed by atoms with E-state index in [2.05, 4.69) is 89.4 Å². The molecule has 2 fully saturated rings. The number of alkyl halides is 1. The maximum Gasteiger partial charge on any atom is 0.313 e. The van der Waals surface area contributed by atoms with Crippen LogP contribution in [-0.2, 0) is 31.9 Å². The van der Waals surface area contributed by atoms with E-state index < -0.39 is 0 Å². The lowest BCUT2D eigenvalue weighted by Crippen LogP contribution is -2.38. The second-order valence-corrected chi connectivity index (χ2v) is 15.9. The number of H-pyrrole nitrogens is 1. The van der Waals surface area contributed by atoms with Crippen LogP contribution in [0.15, 0.2) is 48.5 Å². The Morgan fingerprint density at radius 3 is 1.54 bits per heavy atom. The number of aryl methyl sites for hydroxylation is 2. The molecule has 6 rings (SSSR count). The number of halogens is 1. The van der Waals surface area contributed by atoms with E-state index in [0.717, 1.165) is 42.4 Å². The van der Waals surface area contributed by atoms with E-state index in [-0.39, 0.29) is 53.2 Å². The first-order valence-electron chi connectivity index (χ1n) is 19.5. The van der Waals surface area contributed by atoms with Gasteiger partial charge in [-0.1, -0.05) is 131 Å². The predicted octanol–water partition coefficient (Wildman–Crippen LogP) is 10.2. The number of hydrogen-bond acceptors (Lipinski definition) is 9. The Kier molecular flexibility index (Phi) is 17.9. The lowest BCUT2D eigenvalue weighted by atomic mass is 9.75. The van der Waals surface area contributed by atoms with Crippen LogP contribution in [0.5, 0.6) is 0 Å². The van der Waals surface area contributed by atoms with Gasteiger partial charge in [-0.2, -0.15) is 9.78 Å². The standard InChI is InChI=1S/C22H29N3O3.C20H27N3O2.CH3I.CH4.2H2/c1-13-6-8-18(9-7-13)22-23-19(25(24-22)17(5)26)12-20(27)28-21-15(3)10-14(2)11-16(21)4;1-12-5-7-16(8-6-12)20-21-17(22-23-20)11-18(24)25-19-14(3)9-13(2)10-15(19)4;1-2;;;/h6-9,14-16,21H,10-12H2,1-5H3;5-8,13-15,19H,9-11H2,1-4H3,(H,21,22,23);1H3;1H4;2*1H. The largest absolute Gasteiger partial charge is 0.461 e. The number of benzene rings is 2. The van der Waals surface area contributed by atoms with Crippen LogP contribution in [0.1, 0.15) is 112 Å². The van der Waals surface area contributed by atoms with E-state index >= 15 is 0 Å². The molecular formula is C44H67IN6O5. The molecular weight excluding hydrogens is 819 g/mol. The van der Waals surface area contributed by atoms with Crippen molar-refractivity contribution in [2.45, 2.75) is 120 Å². The zero-order valence-corrected chi connectivity index (χ0v) is 36.3. The molecule has 2 heterocycles. The van der Waals surface area contributed by atoms with Crippen molar-refractivity contribution in [1.82, 2.24) is 29.9 Å². The van der Waals surface area contributed by atoms with Gasteiger partial charge in [0.1, 0.15) is 36.7 Å². The Labute approximate surface area is 350 Å². The molecule has 4 unspecified atom stereocenters. The van der Waals surface area contributed by atoms with Crippen molar-refractivity contribution in [3.8, 4) is 22.8 Å². The Hall–Kier alpha value is -3.94. The average molecular weight is 887 g/mol. The van der Waals surface area contributed by atoms with Crippen molar-refractivity contribution in [1.29, 1.82) is 0 Å². The SMILES string of the molecule is C.CC(=O)n1nc(-c2ccc(C)cc2)nc1CC(=O)OC1C(C)CC(C)CC1C.CI.Cc1ccc(-c2n[nH]c(CC(=O)OC3C(C)CC(C)CC3C)n2)cc1.[HH].[HH]. The van der Waals surface area contributed by atoms with Crippen LogP contribution in [0.25, 0.3) is 22.8 Å². The van der Waals surface area contributed by atoms with Crippen LogP contribution < -0.4 is 0 Å². The summed E-state index contributed by atoms with van der Waals surface area (Å²) < 4.78 is 12.8. The van der Waals surface area contributed by atoms with Gasteiger partial charge in [-0.15, -0.1) is 5.10 Å². The summed E-state index contributed by atoms with van der Waals surface area (Å²) in [6.45, 7) is 18.6. The highest BCUT2D eigenvalue weighted by Crippen LogP contribution is 2.36. The second kappa shape index (κ2) is 21.5. The molecule has 0 amide bonds. The van der Waals surface area contributed by atoms with Crippen molar-refractivity contribution >= 4 is 40.4 Å². The molecule has 2 aliphatic rings. The summed E-state index contributed by atoms with van der Waals surface area (Å²) in [6, 6.07) is 15.7. The summed E-state index contributed by atoms with van der Waals surface area (Å²) >= 11 is 2.15. The first-order valence-corrected chi connectivity index (χ1v) is 21.6. The normalized spacial score (nSPS) is 24.3. The van der Waals surface area contributed by atoms with Gasteiger partial charge in [0.05, 0.1) is 0 Å². The number of nitrogens with one attached hydrogen (secondary N) is 1. The summed E-state index contributed by atoms with van der Waals surface area (Å²) in [5, 5.41) is 11.4. The van der Waals surface area contributed by atoms with Gasteiger partial charge >= 0.3 is 11.9 Å². The number of esters is 2. The zero-order valence-electron chi connectivity index (χ0n) is 34.1. The average Bonchev–Trinajstić information content (AvgIpc) is 3.77. The van der Waals surface area contributed by atoms with Crippen molar-refractivity contribution in [2.24, 2.45) is 35.5 Å². The summed E-state index contributed by atoms with van der Waals surface area (Å²) in [4.78, 5) is 47.8. The Balaban J connectivity index is 0.000000532. The van der Waals surface area contributed by atoms with Crippen LogP contribution in [0.4, 0.5) is 0 Å². The molecule has 310 valence electrons. The van der Waals surface area contributed by atoms with Crippen LogP contribution in [0.2, 0.25) is 0 Å². The van der Waals surface area contributed by atoms with Crippen molar-refractivity contribution < 1.29 is 26.7 Å². The van der Waals surface area contributed by atoms with Gasteiger partial charge in [0.15, 0.2) is 11.6 Å². The van der Waals surface area contributed by atoms with E-state index in [9.17, 15) is 14.4 Å². The number of hydrogen-bond donors (Lipinski definition) is 1. The summed E-state index contributed by atoms with van der Waals surface area (Å²) in [5.41, 5.74) is 4.06. The van der Waals surface area contributed by atoms with Gasteiger partial charge in [0.25, 0.3) is 0 Å². The number of aromatic amines is 1. The molecule has 1 N–H and O–H groups in total. The molecule has 12 heteroatoms. The minimum Gasteiger partial charge on any atom is -0.461 e. The highest BCUT2D eigenvalue weighted by molar-refractivity contribution is 14.1. The van der Waals surface area contributed by atoms with Crippen molar-refractivity contribution in [3.63, 3.8) is 0 Å². The number of carbonyl (C=O) groups excluding carboxylic acids is 3. The minimum absolute atomic E-state index is 0. The molecule has 4 aromatic rings. The predicted molar refractivity (Wildman–Crippen MR) is 235 cm³/mol. The monoisotopic (exact) mass is 886 g/mol. The fourth-order valence-electron chi connectivity index (χ4n) is 8.25. The van der Waals surface area contributed by atoms with E-state index in [4.69, 9.17) is 9.47 Å². The molecule has 2 aromatic carbocycles. The molecule has 56 heavy (non-hydrogen) atoms. The van der Waals surface area contributed by atoms with Crippen LogP contribution in [0.3, 0.4) is 0 Å². The van der Waals surface area contributed by atoms with Crippen LogP contribution in [-0.4, -0.2) is 64.9 Å². The lowest BCUT2D eigenvalue weighted by molar-refractivity contribution is -0.157. The van der Waals surface area contributed by atoms with Gasteiger partial charge < -0.3 is 9.47 Å². The number of ether oxygens (including phenoxy) is 2. The van der Waals surface area contributed by atoms with E-state index in [0.29, 0.717) is 58.8 Å². The smallest absolute Gasteiger partial charge is 0.313 e. The third-order valence-corrected chi connectivity index (χ3v) is 10.6. The molecule has 11 nitrogen and oxygen atoms in total. The lowest BCUT2D eigenvalue weighted by Gasteiger charge is -2.37. The molecule has 0 spiro atoms. The Morgan fingerprint density at radius 2 is 1.11 bits per heavy atom. The van der Waals surface area contributed by atoms with Gasteiger partial charge in [0, 0.05) is 20.9 Å². The topological polar surface area (TPSA) is 142 Å². The first-order chi connectivity index (χ1) is 26.2.